The third-order valence-corrected chi connectivity index (χ3v) is 5.42. The smallest absolute Gasteiger partial charge is 0.344 e. The van der Waals surface area contributed by atoms with Crippen LogP contribution in [0.25, 0.3) is 22.3 Å². The third kappa shape index (κ3) is 5.49. The molecule has 3 N–H and O–H groups in total. The van der Waals surface area contributed by atoms with Gasteiger partial charge in [-0.2, -0.15) is 10.1 Å². The number of benzene rings is 2. The first-order chi connectivity index (χ1) is 17.3. The molecule has 0 saturated carbocycles. The Balaban J connectivity index is 1.76. The highest BCUT2D eigenvalue weighted by Crippen LogP contribution is 2.35. The number of aryl methyl sites for hydroxylation is 1. The van der Waals surface area contributed by atoms with Crippen molar-refractivity contribution in [3.63, 3.8) is 0 Å². The highest BCUT2D eigenvalue weighted by Gasteiger charge is 2.22. The maximum absolute atomic E-state index is 14.6. The number of pyridine rings is 1. The molecule has 36 heavy (non-hydrogen) atoms. The Bertz CT molecular complexity index is 1410. The van der Waals surface area contributed by atoms with Crippen LogP contribution in [0.15, 0.2) is 60.9 Å². The molecule has 0 bridgehead atoms. The van der Waals surface area contributed by atoms with Gasteiger partial charge in [-0.15, -0.1) is 0 Å². The van der Waals surface area contributed by atoms with E-state index in [4.69, 9.17) is 15.2 Å². The van der Waals surface area contributed by atoms with Gasteiger partial charge < -0.3 is 20.3 Å². The molecule has 0 saturated heterocycles. The molecule has 2 aromatic heterocycles. The molecule has 4 aromatic rings. The maximum Gasteiger partial charge on any atom is 0.344 e. The van der Waals surface area contributed by atoms with E-state index in [0.29, 0.717) is 12.6 Å². The van der Waals surface area contributed by atoms with Crippen LogP contribution in [0.5, 0.6) is 17.5 Å². The van der Waals surface area contributed by atoms with Crippen molar-refractivity contribution in [2.45, 2.75) is 26.0 Å². The van der Waals surface area contributed by atoms with Gasteiger partial charge in [-0.1, -0.05) is 25.1 Å². The first-order valence-electron chi connectivity index (χ1n) is 11.1. The minimum Gasteiger partial charge on any atom is -0.479 e. The van der Waals surface area contributed by atoms with Crippen molar-refractivity contribution in [1.29, 1.82) is 0 Å². The van der Waals surface area contributed by atoms with Gasteiger partial charge >= 0.3 is 5.97 Å². The van der Waals surface area contributed by atoms with E-state index in [-0.39, 0.29) is 12.2 Å². The molecule has 0 amide bonds. The van der Waals surface area contributed by atoms with E-state index < -0.39 is 35.5 Å². The lowest BCUT2D eigenvalue weighted by molar-refractivity contribution is -0.145. The second-order valence-corrected chi connectivity index (χ2v) is 8.07. The molecule has 0 unspecified atom stereocenters. The number of carbonyl (C=O) groups is 1. The summed E-state index contributed by atoms with van der Waals surface area (Å²) in [4.78, 5) is 15.1. The molecule has 10 heteroatoms. The summed E-state index contributed by atoms with van der Waals surface area (Å²) in [6.45, 7) is 1.92. The van der Waals surface area contributed by atoms with E-state index in [0.717, 1.165) is 27.8 Å². The topological polar surface area (TPSA) is 112 Å². The van der Waals surface area contributed by atoms with Crippen molar-refractivity contribution >= 4 is 5.97 Å². The number of rotatable bonds is 9. The van der Waals surface area contributed by atoms with E-state index in [2.05, 4.69) is 10.1 Å². The van der Waals surface area contributed by atoms with E-state index in [1.54, 1.807) is 37.0 Å². The number of nitrogens with zero attached hydrogens (tertiary/aromatic N) is 3. The summed E-state index contributed by atoms with van der Waals surface area (Å²) in [6.07, 6.45) is 2.21. The normalized spacial score (nSPS) is 11.8. The number of aliphatic carboxylic acids is 1. The fraction of sp³-hybridized carbons (Fsp3) is 0.192. The number of ether oxygens (including phenoxy) is 2. The second kappa shape index (κ2) is 10.5. The molecule has 0 fully saturated rings. The summed E-state index contributed by atoms with van der Waals surface area (Å²) in [5.41, 5.74) is 9.88. The van der Waals surface area contributed by atoms with Crippen LogP contribution < -0.4 is 15.2 Å². The van der Waals surface area contributed by atoms with Gasteiger partial charge in [0.2, 0.25) is 0 Å². The molecule has 8 nitrogen and oxygen atoms in total. The van der Waals surface area contributed by atoms with Crippen molar-refractivity contribution in [3.05, 3.63) is 78.1 Å². The van der Waals surface area contributed by atoms with E-state index in [1.165, 1.54) is 0 Å². The van der Waals surface area contributed by atoms with Crippen molar-refractivity contribution < 1.29 is 28.2 Å². The van der Waals surface area contributed by atoms with Crippen LogP contribution in [0.1, 0.15) is 18.9 Å². The lowest BCUT2D eigenvalue weighted by Crippen LogP contribution is -2.26. The zero-order valence-corrected chi connectivity index (χ0v) is 19.6. The Kier molecular flexibility index (Phi) is 7.25. The zero-order valence-electron chi connectivity index (χ0n) is 19.6. The van der Waals surface area contributed by atoms with Crippen LogP contribution in [0.4, 0.5) is 8.78 Å². The van der Waals surface area contributed by atoms with Crippen LogP contribution in [-0.2, 0) is 18.4 Å². The molecule has 186 valence electrons. The summed E-state index contributed by atoms with van der Waals surface area (Å²) in [7, 11) is 1.79. The highest BCUT2D eigenvalue weighted by atomic mass is 19.1. The van der Waals surface area contributed by atoms with Gasteiger partial charge in [0.15, 0.2) is 17.7 Å². The highest BCUT2D eigenvalue weighted by molar-refractivity contribution is 5.75. The number of aromatic nitrogens is 3. The Morgan fingerprint density at radius 2 is 1.78 bits per heavy atom. The molecule has 2 heterocycles. The van der Waals surface area contributed by atoms with Gasteiger partial charge in [-0.25, -0.2) is 13.6 Å². The lowest BCUT2D eigenvalue weighted by Gasteiger charge is -2.15. The van der Waals surface area contributed by atoms with E-state index in [9.17, 15) is 18.7 Å². The van der Waals surface area contributed by atoms with Crippen molar-refractivity contribution in [2.75, 3.05) is 0 Å². The van der Waals surface area contributed by atoms with Gasteiger partial charge in [-0.05, 0) is 52.9 Å². The van der Waals surface area contributed by atoms with Crippen LogP contribution in [0.2, 0.25) is 0 Å². The van der Waals surface area contributed by atoms with Crippen LogP contribution in [0.3, 0.4) is 0 Å². The lowest BCUT2D eigenvalue weighted by atomic mass is 9.98. The zero-order chi connectivity index (χ0) is 25.8. The Hall–Kier alpha value is -4.31. The summed E-state index contributed by atoms with van der Waals surface area (Å²) in [5.74, 6) is -4.50. The van der Waals surface area contributed by atoms with E-state index in [1.807, 2.05) is 36.5 Å². The minimum absolute atomic E-state index is 0.0579. The number of hydrogen-bond acceptors (Lipinski definition) is 6. The number of nitrogens with two attached hydrogens (primary N) is 1. The summed E-state index contributed by atoms with van der Waals surface area (Å²) in [6, 6.07) is 13.5. The van der Waals surface area contributed by atoms with Crippen molar-refractivity contribution in [2.24, 2.45) is 12.8 Å². The van der Waals surface area contributed by atoms with Crippen LogP contribution >= 0.6 is 0 Å². The standard InChI is InChI=1S/C26H24F2N4O4/c1-3-23(26(33)34)36-25-22(28)11-21(27)24(31-25)35-20-9-17(16-6-4-5-15(7-16)12-29)8-18(10-20)19-13-30-32(2)14-19/h4-11,13-14,23H,3,12,29H2,1-2H3,(H,33,34)/t23-/m1/s1. The average Bonchev–Trinajstić information content (AvgIpc) is 3.31. The number of hydrogen-bond donors (Lipinski definition) is 2. The molecule has 1 atom stereocenters. The van der Waals surface area contributed by atoms with Crippen LogP contribution in [0, 0.1) is 11.6 Å². The van der Waals surface area contributed by atoms with Gasteiger partial charge in [0.05, 0.1) is 6.20 Å². The Morgan fingerprint density at radius 3 is 2.42 bits per heavy atom. The van der Waals surface area contributed by atoms with Gasteiger partial charge in [0, 0.05) is 31.4 Å². The molecule has 0 aliphatic rings. The predicted molar refractivity (Wildman–Crippen MR) is 129 cm³/mol. The summed E-state index contributed by atoms with van der Waals surface area (Å²) in [5, 5.41) is 13.4. The third-order valence-electron chi connectivity index (χ3n) is 5.42. The summed E-state index contributed by atoms with van der Waals surface area (Å²) < 4.78 is 41.4. The molecule has 2 aromatic carbocycles. The maximum atomic E-state index is 14.6. The van der Waals surface area contributed by atoms with E-state index >= 15 is 0 Å². The average molecular weight is 494 g/mol. The first kappa shape index (κ1) is 24.8. The van der Waals surface area contributed by atoms with Crippen LogP contribution in [-0.4, -0.2) is 31.9 Å². The Labute approximate surface area is 205 Å². The second-order valence-electron chi connectivity index (χ2n) is 8.07. The fourth-order valence-electron chi connectivity index (χ4n) is 3.58. The molecule has 4 rings (SSSR count). The molecule has 0 spiro atoms. The molecule has 0 aliphatic heterocycles. The quantitative estimate of drug-likeness (QED) is 0.340. The van der Waals surface area contributed by atoms with Gasteiger partial charge in [-0.3, -0.25) is 4.68 Å². The largest absolute Gasteiger partial charge is 0.479 e. The number of halogens is 2. The molecular formula is C26H24F2N4O4. The summed E-state index contributed by atoms with van der Waals surface area (Å²) >= 11 is 0. The monoisotopic (exact) mass is 494 g/mol. The Morgan fingerprint density at radius 1 is 1.06 bits per heavy atom. The SMILES string of the molecule is CC[C@@H](Oc1nc(Oc2cc(-c3cccc(CN)c3)cc(-c3cnn(C)c3)c2)c(F)cc1F)C(=O)O. The molecular weight excluding hydrogens is 470 g/mol. The van der Waals surface area contributed by atoms with Crippen molar-refractivity contribution in [1.82, 2.24) is 14.8 Å². The minimum atomic E-state index is -1.35. The predicted octanol–water partition coefficient (Wildman–Crippen LogP) is 4.92. The number of carboxylic acids is 1. The molecule has 0 aliphatic carbocycles. The fourth-order valence-corrected chi connectivity index (χ4v) is 3.58. The van der Waals surface area contributed by atoms with Gasteiger partial charge in [0.25, 0.3) is 11.8 Å². The van der Waals surface area contributed by atoms with Crippen molar-refractivity contribution in [3.8, 4) is 39.8 Å². The molecule has 0 radical (unpaired) electrons. The number of carboxylic acid groups (broad SMARTS) is 1. The first-order valence-corrected chi connectivity index (χ1v) is 11.1. The van der Waals surface area contributed by atoms with Gasteiger partial charge in [0.1, 0.15) is 5.75 Å².